The first-order chi connectivity index (χ1) is 16.9. The Kier molecular flexibility index (Phi) is 5.52. The van der Waals surface area contributed by atoms with Crippen LogP contribution in [-0.4, -0.2) is 62.6 Å². The minimum atomic E-state index is -1.29. The number of anilines is 1. The Balaban J connectivity index is 1.30. The molecule has 1 N–H and O–H groups in total. The Hall–Kier alpha value is -2.99. The van der Waals surface area contributed by atoms with E-state index >= 15 is 0 Å². The molecule has 0 saturated carbocycles. The molecule has 184 valence electrons. The van der Waals surface area contributed by atoms with Crippen molar-refractivity contribution in [2.75, 3.05) is 11.9 Å². The Bertz CT molecular complexity index is 1270. The molecule has 3 aromatic rings. The lowest BCUT2D eigenvalue weighted by molar-refractivity contribution is -0.191. The number of imidazole rings is 1. The number of fused-ring (bicyclic) bond motifs is 2. The van der Waals surface area contributed by atoms with E-state index in [0.717, 1.165) is 0 Å². The molecule has 0 aliphatic carbocycles. The Labute approximate surface area is 200 Å². The standard InChI is InChI=1S/C24H25F2N5O4/c1-24(2)34-19-16(8-7-13-5-3-4-6-15(13)25)33-23(20(19)35-24)31-12-29-18-21(27-11-28-22(18)31)30-14-9-17(26)32-10-14/h3-8,11-12,14,16-17,19-20,23H,9-10H2,1-2H3,(H,27,28,30). The van der Waals surface area contributed by atoms with Crippen molar-refractivity contribution in [1.29, 1.82) is 0 Å². The Morgan fingerprint density at radius 3 is 2.77 bits per heavy atom. The summed E-state index contributed by atoms with van der Waals surface area (Å²) in [5.74, 6) is -0.640. The zero-order chi connectivity index (χ0) is 24.2. The molecule has 0 amide bonds. The normalized spacial score (nSPS) is 32.0. The number of ether oxygens (including phenoxy) is 4. The summed E-state index contributed by atoms with van der Waals surface area (Å²) >= 11 is 0. The van der Waals surface area contributed by atoms with Gasteiger partial charge < -0.3 is 24.3 Å². The highest BCUT2D eigenvalue weighted by atomic mass is 19.1. The van der Waals surface area contributed by atoms with Crippen LogP contribution in [0.3, 0.4) is 0 Å². The van der Waals surface area contributed by atoms with Crippen LogP contribution in [0, 0.1) is 5.82 Å². The van der Waals surface area contributed by atoms with Crippen LogP contribution in [0.1, 0.15) is 32.1 Å². The molecule has 0 radical (unpaired) electrons. The molecule has 6 atom stereocenters. The van der Waals surface area contributed by atoms with Crippen LogP contribution in [0.5, 0.6) is 0 Å². The fourth-order valence-corrected chi connectivity index (χ4v) is 4.81. The topological polar surface area (TPSA) is 92.6 Å². The summed E-state index contributed by atoms with van der Waals surface area (Å²) in [5, 5.41) is 3.19. The Morgan fingerprint density at radius 2 is 1.97 bits per heavy atom. The zero-order valence-electron chi connectivity index (χ0n) is 19.2. The SMILES string of the molecule is CC1(C)OC2C(C=Cc3ccccc3F)OC(n3cnc4c(NC5COC(F)C5)ncnc43)C2O1. The number of hydrogen-bond acceptors (Lipinski definition) is 8. The molecule has 35 heavy (non-hydrogen) atoms. The molecule has 0 spiro atoms. The average Bonchev–Trinajstić information content (AvgIpc) is 3.57. The molecule has 9 nitrogen and oxygen atoms in total. The highest BCUT2D eigenvalue weighted by Crippen LogP contribution is 2.44. The van der Waals surface area contributed by atoms with Gasteiger partial charge in [-0.15, -0.1) is 0 Å². The van der Waals surface area contributed by atoms with Crippen LogP contribution < -0.4 is 5.32 Å². The maximum atomic E-state index is 14.1. The summed E-state index contributed by atoms with van der Waals surface area (Å²) in [6, 6.07) is 6.32. The van der Waals surface area contributed by atoms with Crippen molar-refractivity contribution in [1.82, 2.24) is 19.5 Å². The second-order valence-corrected chi connectivity index (χ2v) is 9.30. The molecule has 1 aromatic carbocycles. The van der Waals surface area contributed by atoms with Crippen molar-refractivity contribution in [2.24, 2.45) is 0 Å². The summed E-state index contributed by atoms with van der Waals surface area (Å²) in [7, 11) is 0. The highest BCUT2D eigenvalue weighted by molar-refractivity contribution is 5.82. The molecular weight excluding hydrogens is 460 g/mol. The molecule has 3 aliphatic rings. The molecule has 6 rings (SSSR count). The van der Waals surface area contributed by atoms with Gasteiger partial charge >= 0.3 is 0 Å². The molecule has 11 heteroatoms. The molecule has 2 aromatic heterocycles. The predicted octanol–water partition coefficient (Wildman–Crippen LogP) is 3.59. The van der Waals surface area contributed by atoms with Crippen molar-refractivity contribution in [3.63, 3.8) is 0 Å². The number of rotatable bonds is 5. The van der Waals surface area contributed by atoms with Crippen LogP contribution in [0.2, 0.25) is 0 Å². The second-order valence-electron chi connectivity index (χ2n) is 9.30. The molecule has 6 unspecified atom stereocenters. The molecule has 5 heterocycles. The van der Waals surface area contributed by atoms with Gasteiger partial charge in [-0.2, -0.15) is 0 Å². The molecule has 3 aliphatic heterocycles. The summed E-state index contributed by atoms with van der Waals surface area (Å²) in [6.07, 6.45) is 3.53. The third kappa shape index (κ3) is 4.18. The van der Waals surface area contributed by atoms with E-state index in [2.05, 4.69) is 20.3 Å². The van der Waals surface area contributed by atoms with Crippen LogP contribution >= 0.6 is 0 Å². The van der Waals surface area contributed by atoms with Crippen molar-refractivity contribution in [3.05, 3.63) is 54.4 Å². The van der Waals surface area contributed by atoms with Gasteiger partial charge in [0.05, 0.1) is 19.0 Å². The first-order valence-electron chi connectivity index (χ1n) is 11.5. The fourth-order valence-electron chi connectivity index (χ4n) is 4.81. The third-order valence-corrected chi connectivity index (χ3v) is 6.36. The Morgan fingerprint density at radius 1 is 1.14 bits per heavy atom. The van der Waals surface area contributed by atoms with Gasteiger partial charge in [0.1, 0.15) is 30.5 Å². The number of halogens is 2. The lowest BCUT2D eigenvalue weighted by Gasteiger charge is -2.24. The first kappa shape index (κ1) is 22.5. The lowest BCUT2D eigenvalue weighted by atomic mass is 10.1. The van der Waals surface area contributed by atoms with Gasteiger partial charge in [-0.05, 0) is 19.9 Å². The maximum Gasteiger partial charge on any atom is 0.200 e. The number of hydrogen-bond donors (Lipinski definition) is 1. The van der Waals surface area contributed by atoms with E-state index in [9.17, 15) is 8.78 Å². The quantitative estimate of drug-likeness (QED) is 0.586. The zero-order valence-corrected chi connectivity index (χ0v) is 19.2. The van der Waals surface area contributed by atoms with Gasteiger partial charge in [0.25, 0.3) is 0 Å². The van der Waals surface area contributed by atoms with Gasteiger partial charge in [-0.25, -0.2) is 23.7 Å². The van der Waals surface area contributed by atoms with E-state index in [1.807, 2.05) is 13.8 Å². The highest BCUT2D eigenvalue weighted by Gasteiger charge is 2.55. The summed E-state index contributed by atoms with van der Waals surface area (Å²) in [5.41, 5.74) is 1.52. The van der Waals surface area contributed by atoms with Gasteiger partial charge in [-0.1, -0.05) is 30.4 Å². The first-order valence-corrected chi connectivity index (χ1v) is 11.5. The largest absolute Gasteiger partial charge is 0.363 e. The van der Waals surface area contributed by atoms with Crippen molar-refractivity contribution in [2.45, 2.75) is 63.0 Å². The third-order valence-electron chi connectivity index (χ3n) is 6.36. The summed E-state index contributed by atoms with van der Waals surface area (Å²) < 4.78 is 53.0. The number of benzene rings is 1. The minimum absolute atomic E-state index is 0.208. The average molecular weight is 485 g/mol. The van der Waals surface area contributed by atoms with Gasteiger partial charge in [-0.3, -0.25) is 4.57 Å². The smallest absolute Gasteiger partial charge is 0.200 e. The van der Waals surface area contributed by atoms with E-state index in [1.165, 1.54) is 12.4 Å². The van der Waals surface area contributed by atoms with Gasteiger partial charge in [0.2, 0.25) is 6.36 Å². The van der Waals surface area contributed by atoms with Gasteiger partial charge in [0, 0.05) is 12.0 Å². The number of nitrogens with zero attached hydrogens (tertiary/aromatic N) is 4. The van der Waals surface area contributed by atoms with E-state index < -0.39 is 36.7 Å². The van der Waals surface area contributed by atoms with E-state index in [0.29, 0.717) is 22.5 Å². The molecule has 0 bridgehead atoms. The van der Waals surface area contributed by atoms with Gasteiger partial charge in [0.15, 0.2) is 29.0 Å². The van der Waals surface area contributed by atoms with E-state index in [4.69, 9.17) is 18.9 Å². The number of alkyl halides is 1. The second kappa shape index (κ2) is 8.59. The van der Waals surface area contributed by atoms with E-state index in [-0.39, 0.29) is 24.9 Å². The van der Waals surface area contributed by atoms with Crippen molar-refractivity contribution in [3.8, 4) is 0 Å². The van der Waals surface area contributed by atoms with Crippen LogP contribution in [0.15, 0.2) is 43.0 Å². The maximum absolute atomic E-state index is 14.1. The minimum Gasteiger partial charge on any atom is -0.363 e. The van der Waals surface area contributed by atoms with E-state index in [1.54, 1.807) is 41.2 Å². The van der Waals surface area contributed by atoms with Crippen molar-refractivity contribution < 1.29 is 27.7 Å². The van der Waals surface area contributed by atoms with Crippen LogP contribution in [0.25, 0.3) is 17.2 Å². The summed E-state index contributed by atoms with van der Waals surface area (Å²) in [6.45, 7) is 3.94. The molecule has 3 saturated heterocycles. The van der Waals surface area contributed by atoms with Crippen LogP contribution in [0.4, 0.5) is 14.6 Å². The van der Waals surface area contributed by atoms with Crippen molar-refractivity contribution >= 4 is 23.1 Å². The van der Waals surface area contributed by atoms with Crippen LogP contribution in [-0.2, 0) is 18.9 Å². The monoisotopic (exact) mass is 485 g/mol. The number of nitrogens with one attached hydrogen (secondary N) is 1. The molecular formula is C24H25F2N5O4. The molecule has 3 fully saturated rings. The predicted molar refractivity (Wildman–Crippen MR) is 121 cm³/mol. The fraction of sp³-hybridized carbons (Fsp3) is 0.458. The summed E-state index contributed by atoms with van der Waals surface area (Å²) in [4.78, 5) is 13.2. The number of aromatic nitrogens is 4. The lowest BCUT2D eigenvalue weighted by Crippen LogP contribution is -2.28.